The zero-order chi connectivity index (χ0) is 91.8. The number of carbonyl (C=O) groups excluding carboxylic acids is 4. The maximum Gasteiger partial charge on any atom is 0.410 e. The van der Waals surface area contributed by atoms with Crippen LogP contribution < -0.4 is 0 Å². The minimum absolute atomic E-state index is 0. The number of piperidine rings is 12. The summed E-state index contributed by atoms with van der Waals surface area (Å²) >= 11 is 23.8. The summed E-state index contributed by atoms with van der Waals surface area (Å²) in [7, 11) is -14.8. The Morgan fingerprint density at radius 1 is 0.323 bits per heavy atom. The number of halogens is 4. The van der Waals surface area contributed by atoms with Gasteiger partial charge in [-0.15, -0.1) is 0 Å². The number of ether oxygens (including phenoxy) is 4. The van der Waals surface area contributed by atoms with Gasteiger partial charge < -0.3 is 53.5 Å². The van der Waals surface area contributed by atoms with Gasteiger partial charge in [0.05, 0.1) is 49.4 Å². The lowest BCUT2D eigenvalue weighted by atomic mass is 9.85. The fraction of sp³-hybridized carbons (Fsp3) is 0.711. The molecule has 0 saturated carbocycles. The molecule has 1 N–H and O–H groups in total. The van der Waals surface area contributed by atoms with E-state index < -0.39 is 76.2 Å². The van der Waals surface area contributed by atoms with Crippen LogP contribution in [0.3, 0.4) is 0 Å². The second kappa shape index (κ2) is 47.2. The standard InChI is InChI=1S/C25H36ClN3O4S.C24H34ClN3O4S.C23H33ClN2O5S.C22H32ClN3O4S.3CH4/c26-19-7-10-22(11-8-19)34(31,32)29-21-5-4-6-23(29)24(12-9-21)33-25(30)28-17-13-20(14-18-28)27-15-2-1-3-16-27;25-18-6-9-21(10-7-18)33(30,31)28-20-4-3-5-22(28)23(11-8-20)32-24(29)27-16-12-19(13-17-27)26-14-1-2-15-26;1-2-12-23(28)13-15-25(16-14-23)22(27)31-21-11-8-18-4-3-5-20(21)26(18)32(29,30)19-9-6-17(24)7-10-19;1-16(2)24-12-14-25(15-13-24)22(27)30-21-11-8-18-4-3-5-20(21)26(18)31(28,29)19-9-6-17(23)7-10-19;;;/h7-8,10-11,20-21,23-24H,1-6,9,12-18H2;6-7,9-10,19-20,22-23H,1-5,8,11-17H2;6-7,9-10,18,20-21,28H,2-5,8,11-16H2,1H3;6-7,9-10,16,18,20-21H,3-5,8,11-15H2,1-2H3;3*1H4/t21?,23?,24-;20?,22?,23-;2*18?,20?,21-;;;/m0000.../s1. The van der Waals surface area contributed by atoms with Crippen LogP contribution in [0.5, 0.6) is 0 Å². The number of likely N-dealkylation sites (tertiary alicyclic amines) is 5. The summed E-state index contributed by atoms with van der Waals surface area (Å²) in [6.07, 6.45) is 25.8. The van der Waals surface area contributed by atoms with Gasteiger partial charge in [-0.05, 0) is 310 Å². The summed E-state index contributed by atoms with van der Waals surface area (Å²) in [5.74, 6) is 0. The van der Waals surface area contributed by atoms with Gasteiger partial charge in [0.15, 0.2) is 0 Å². The number of carbonyl (C=O) groups is 4. The molecular formula is C97H147Cl4N11O17S4. The number of benzene rings is 4. The molecule has 28 nitrogen and oxygen atoms in total. The third-order valence-electron chi connectivity index (χ3n) is 30.3. The molecule has 14 aliphatic rings. The molecule has 12 atom stereocenters. The molecule has 4 aromatic rings. The third kappa shape index (κ3) is 25.1. The smallest absolute Gasteiger partial charge is 0.410 e. The van der Waals surface area contributed by atoms with Crippen LogP contribution in [0, 0.1) is 0 Å². The average molecular weight is 2010 g/mol. The third-order valence-corrected chi connectivity index (χ3v) is 39.3. The highest BCUT2D eigenvalue weighted by Crippen LogP contribution is 2.46. The van der Waals surface area contributed by atoms with Crippen LogP contribution in [0.4, 0.5) is 19.2 Å². The molecular weight excluding hydrogens is 1860 g/mol. The summed E-state index contributed by atoms with van der Waals surface area (Å²) in [5, 5.41) is 12.6. The van der Waals surface area contributed by atoms with Gasteiger partial charge in [0, 0.05) is 128 Å². The van der Waals surface area contributed by atoms with Crippen LogP contribution in [-0.4, -0.2) is 303 Å². The van der Waals surface area contributed by atoms with Crippen molar-refractivity contribution in [2.24, 2.45) is 0 Å². The topological polar surface area (TPSA) is 298 Å². The van der Waals surface area contributed by atoms with E-state index in [1.807, 2.05) is 16.7 Å². The van der Waals surface area contributed by atoms with E-state index in [9.17, 15) is 58.0 Å². The Labute approximate surface area is 813 Å². The lowest BCUT2D eigenvalue weighted by Gasteiger charge is -2.48. The van der Waals surface area contributed by atoms with Gasteiger partial charge in [0.25, 0.3) is 0 Å². The van der Waals surface area contributed by atoms with Crippen LogP contribution in [0.25, 0.3) is 0 Å². The molecule has 0 aliphatic carbocycles. The number of amides is 4. The zero-order valence-corrected chi connectivity index (χ0v) is 82.0. The van der Waals surface area contributed by atoms with Crippen molar-refractivity contribution in [3.05, 3.63) is 117 Å². The number of hydrogen-bond acceptors (Lipinski definition) is 20. The fourth-order valence-corrected chi connectivity index (χ4v) is 31.5. The number of rotatable bonds is 17. The van der Waals surface area contributed by atoms with E-state index in [0.717, 1.165) is 142 Å². The van der Waals surface area contributed by atoms with E-state index in [2.05, 4.69) is 28.5 Å². The van der Waals surface area contributed by atoms with Gasteiger partial charge in [0.1, 0.15) is 24.4 Å². The molecule has 4 aromatic carbocycles. The van der Waals surface area contributed by atoms with Crippen LogP contribution in [0.2, 0.25) is 20.1 Å². The van der Waals surface area contributed by atoms with Gasteiger partial charge in [-0.3, -0.25) is 4.90 Å². The van der Waals surface area contributed by atoms with Crippen LogP contribution in [0.15, 0.2) is 117 Å². The Morgan fingerprint density at radius 3 is 0.827 bits per heavy atom. The first-order valence-corrected chi connectivity index (χ1v) is 55.6. The van der Waals surface area contributed by atoms with Gasteiger partial charge in [-0.1, -0.05) is 114 Å². The monoisotopic (exact) mass is 2010 g/mol. The van der Waals surface area contributed by atoms with Crippen molar-refractivity contribution >= 4 is 111 Å². The number of hydrogen-bond donors (Lipinski definition) is 1. The second-order valence-electron chi connectivity index (χ2n) is 38.6. The lowest BCUT2D eigenvalue weighted by Crippen LogP contribution is -2.59. The molecule has 14 heterocycles. The maximum atomic E-state index is 13.6. The molecule has 0 radical (unpaired) electrons. The Morgan fingerprint density at radius 2 is 0.571 bits per heavy atom. The Bertz CT molecular complexity index is 4930. The molecule has 8 unspecified atom stereocenters. The predicted molar refractivity (Wildman–Crippen MR) is 520 cm³/mol. The zero-order valence-electron chi connectivity index (χ0n) is 75.7. The molecule has 0 spiro atoms. The highest BCUT2D eigenvalue weighted by atomic mass is 35.5. The minimum atomic E-state index is -3.72. The summed E-state index contributed by atoms with van der Waals surface area (Å²) in [6.45, 7) is 17.8. The average Bonchev–Trinajstić information content (AvgIpc) is 1.74. The predicted octanol–water partition coefficient (Wildman–Crippen LogP) is 18.3. The molecule has 14 aliphatic heterocycles. The van der Waals surface area contributed by atoms with Crippen molar-refractivity contribution in [3.63, 3.8) is 0 Å². The summed E-state index contributed by atoms with van der Waals surface area (Å²) in [5.41, 5.74) is -0.698. The number of nitrogens with zero attached hydrogens (tertiary/aromatic N) is 11. The van der Waals surface area contributed by atoms with Crippen molar-refractivity contribution in [2.75, 3.05) is 91.6 Å². The number of fused-ring (bicyclic) bond motifs is 8. The van der Waals surface area contributed by atoms with Crippen molar-refractivity contribution in [1.82, 2.24) is 51.5 Å². The van der Waals surface area contributed by atoms with Gasteiger partial charge >= 0.3 is 24.4 Å². The van der Waals surface area contributed by atoms with E-state index in [1.165, 1.54) is 70.4 Å². The highest BCUT2D eigenvalue weighted by molar-refractivity contribution is 7.90. The first-order valence-electron chi connectivity index (χ1n) is 48.3. The number of aliphatic hydroxyl groups is 1. The quantitative estimate of drug-likeness (QED) is 0.0960. The molecule has 0 aromatic heterocycles. The molecule has 133 heavy (non-hydrogen) atoms. The summed E-state index contributed by atoms with van der Waals surface area (Å²) in [6, 6.07) is 25.4. The first-order chi connectivity index (χ1) is 62.4. The van der Waals surface area contributed by atoms with E-state index in [0.29, 0.717) is 142 Å². The molecule has 14 saturated heterocycles. The van der Waals surface area contributed by atoms with Crippen molar-refractivity contribution in [3.8, 4) is 0 Å². The largest absolute Gasteiger partial charge is 0.444 e. The minimum Gasteiger partial charge on any atom is -0.444 e. The van der Waals surface area contributed by atoms with E-state index in [4.69, 9.17) is 65.4 Å². The van der Waals surface area contributed by atoms with Crippen molar-refractivity contribution < 1.29 is 76.9 Å². The highest BCUT2D eigenvalue weighted by Gasteiger charge is 2.54. The van der Waals surface area contributed by atoms with Crippen molar-refractivity contribution in [1.29, 1.82) is 0 Å². The Hall–Kier alpha value is -5.40. The van der Waals surface area contributed by atoms with E-state index in [-0.39, 0.29) is 108 Å². The molecule has 744 valence electrons. The lowest BCUT2D eigenvalue weighted by molar-refractivity contribution is -0.0487. The van der Waals surface area contributed by atoms with E-state index >= 15 is 0 Å². The van der Waals surface area contributed by atoms with Gasteiger partial charge in [-0.2, -0.15) is 17.2 Å². The fourth-order valence-electron chi connectivity index (χ4n) is 23.3. The summed E-state index contributed by atoms with van der Waals surface area (Å²) in [4.78, 5) is 67.4. The number of sulfonamides is 4. The molecule has 4 amide bonds. The molecule has 36 heteroatoms. The first kappa shape index (κ1) is 106. The van der Waals surface area contributed by atoms with Crippen LogP contribution in [0.1, 0.15) is 255 Å². The molecule has 14 fully saturated rings. The molecule has 18 rings (SSSR count). The van der Waals surface area contributed by atoms with E-state index in [1.54, 1.807) is 112 Å². The van der Waals surface area contributed by atoms with Gasteiger partial charge in [-0.25, -0.2) is 52.8 Å². The number of piperazine rings is 1. The van der Waals surface area contributed by atoms with Crippen LogP contribution in [-0.2, 0) is 59.0 Å². The molecule has 8 bridgehead atoms. The summed E-state index contributed by atoms with van der Waals surface area (Å²) < 4.78 is 138. The van der Waals surface area contributed by atoms with Crippen molar-refractivity contribution in [2.45, 2.75) is 371 Å². The normalized spacial score (nSPS) is 28.3. The van der Waals surface area contributed by atoms with Gasteiger partial charge in [0.2, 0.25) is 40.1 Å². The maximum absolute atomic E-state index is 13.6. The Balaban J connectivity index is 0.000000159. The Kier molecular flexibility index (Phi) is 37.8. The van der Waals surface area contributed by atoms with Crippen LogP contribution >= 0.6 is 46.4 Å². The SMILES string of the molecule is C.C.C.CC(C)N1CCN(C(=O)O[C@H]2CCC3CCCC2N3S(=O)(=O)c2ccc(Cl)cc2)CC1.CCCC1(O)CCN(C(=O)O[C@H]2CCC3CCCC2N3S(=O)(=O)c2ccc(Cl)cc2)CC1.O=C(O[C@H]1CCC2CCCC1N2S(=O)(=O)c1ccc(Cl)cc1)N1CCC(N2CCCC2)CC1.O=C(O[C@H]1CCC2CCCC1N2S(=O)(=O)c1ccc(Cl)cc1)N1CCC(N2CCCCC2)CC1. The second-order valence-corrected chi connectivity index (χ2v) is 47.7.